The second kappa shape index (κ2) is 10.2. The van der Waals surface area contributed by atoms with Gasteiger partial charge in [0.1, 0.15) is 0 Å². The minimum absolute atomic E-state index is 0.150. The maximum absolute atomic E-state index is 12.6. The summed E-state index contributed by atoms with van der Waals surface area (Å²) < 4.78 is 0. The lowest BCUT2D eigenvalue weighted by molar-refractivity contribution is 0.0872. The highest BCUT2D eigenvalue weighted by Gasteiger charge is 2.31. The molecule has 140 valence electrons. The number of nitrogens with zero attached hydrogens (tertiary/aromatic N) is 2. The molecule has 0 aromatic carbocycles. The lowest BCUT2D eigenvalue weighted by atomic mass is 9.88. The predicted molar refractivity (Wildman–Crippen MR) is 100 cm³/mol. The number of hydrogen-bond acceptors (Lipinski definition) is 3. The highest BCUT2D eigenvalue weighted by molar-refractivity contribution is 5.74. The van der Waals surface area contributed by atoms with Crippen molar-refractivity contribution in [1.29, 1.82) is 0 Å². The molecule has 1 heterocycles. The zero-order valence-electron chi connectivity index (χ0n) is 15.8. The molecule has 0 bridgehead atoms. The van der Waals surface area contributed by atoms with Crippen molar-refractivity contribution in [1.82, 2.24) is 15.1 Å². The topological polar surface area (TPSA) is 61.6 Å². The van der Waals surface area contributed by atoms with Gasteiger partial charge in [-0.05, 0) is 58.4 Å². The summed E-state index contributed by atoms with van der Waals surface area (Å²) in [6.07, 6.45) is 9.88. The second-order valence-electron chi connectivity index (χ2n) is 7.69. The van der Waals surface area contributed by atoms with Gasteiger partial charge in [0, 0.05) is 38.3 Å². The lowest BCUT2D eigenvalue weighted by Crippen LogP contribution is -2.53. The van der Waals surface area contributed by atoms with Gasteiger partial charge in [0.2, 0.25) is 0 Å². The number of piperidine rings is 1. The predicted octanol–water partition coefficient (Wildman–Crippen LogP) is 2.80. The first-order chi connectivity index (χ1) is 11.7. The molecule has 0 radical (unpaired) electrons. The van der Waals surface area contributed by atoms with Gasteiger partial charge in [-0.2, -0.15) is 0 Å². The van der Waals surface area contributed by atoms with E-state index in [9.17, 15) is 4.79 Å². The molecule has 0 unspecified atom stereocenters. The van der Waals surface area contributed by atoms with Crippen LogP contribution in [0.2, 0.25) is 0 Å². The Morgan fingerprint density at radius 2 is 1.88 bits per heavy atom. The van der Waals surface area contributed by atoms with Crippen molar-refractivity contribution in [3.05, 3.63) is 0 Å². The van der Waals surface area contributed by atoms with Crippen molar-refractivity contribution in [2.24, 2.45) is 11.7 Å². The van der Waals surface area contributed by atoms with E-state index in [4.69, 9.17) is 5.73 Å². The summed E-state index contributed by atoms with van der Waals surface area (Å²) in [4.78, 5) is 17.3. The summed E-state index contributed by atoms with van der Waals surface area (Å²) in [6, 6.07) is 1.11. The maximum atomic E-state index is 12.6. The molecule has 1 saturated heterocycles. The molecule has 3 N–H and O–H groups in total. The van der Waals surface area contributed by atoms with E-state index in [0.717, 1.165) is 45.4 Å². The van der Waals surface area contributed by atoms with E-state index in [0.29, 0.717) is 24.5 Å². The molecule has 1 atom stereocenters. The first-order valence-electron chi connectivity index (χ1n) is 10.1. The molecular weight excluding hydrogens is 300 g/mol. The van der Waals surface area contributed by atoms with Gasteiger partial charge in [0.25, 0.3) is 0 Å². The van der Waals surface area contributed by atoms with E-state index in [1.165, 1.54) is 32.1 Å². The Morgan fingerprint density at radius 1 is 1.21 bits per heavy atom. The van der Waals surface area contributed by atoms with Crippen LogP contribution in [0.3, 0.4) is 0 Å². The highest BCUT2D eigenvalue weighted by Crippen LogP contribution is 2.27. The van der Waals surface area contributed by atoms with Crippen LogP contribution in [0.1, 0.15) is 65.2 Å². The number of hydrogen-bond donors (Lipinski definition) is 2. The van der Waals surface area contributed by atoms with E-state index < -0.39 is 0 Å². The van der Waals surface area contributed by atoms with Crippen molar-refractivity contribution < 1.29 is 4.79 Å². The first-order valence-corrected chi connectivity index (χ1v) is 10.1. The summed E-state index contributed by atoms with van der Waals surface area (Å²) in [7, 11) is 0. The molecule has 0 spiro atoms. The molecule has 1 aliphatic heterocycles. The molecule has 2 fully saturated rings. The van der Waals surface area contributed by atoms with Crippen LogP contribution < -0.4 is 11.1 Å². The van der Waals surface area contributed by atoms with Crippen LogP contribution in [0.5, 0.6) is 0 Å². The van der Waals surface area contributed by atoms with Crippen LogP contribution in [0, 0.1) is 5.92 Å². The summed E-state index contributed by atoms with van der Waals surface area (Å²) in [5.74, 6) is 0.704. The Hall–Kier alpha value is -0.810. The highest BCUT2D eigenvalue weighted by atomic mass is 16.2. The van der Waals surface area contributed by atoms with E-state index in [1.807, 2.05) is 6.92 Å². The molecule has 0 aromatic rings. The van der Waals surface area contributed by atoms with Crippen LogP contribution in [-0.4, -0.2) is 60.6 Å². The van der Waals surface area contributed by atoms with Gasteiger partial charge in [-0.1, -0.05) is 19.3 Å². The monoisotopic (exact) mass is 338 g/mol. The molecule has 2 rings (SSSR count). The van der Waals surface area contributed by atoms with E-state index in [-0.39, 0.29) is 6.03 Å². The standard InChI is InChI=1S/C19H38N4O/c1-3-21-19(24)23(15-17-7-5-4-6-8-17)18-10-13-22(14-11-18)16(2)9-12-20/h16-18H,3-15,20H2,1-2H3,(H,21,24)/t16-/m1/s1. The third kappa shape index (κ3) is 5.62. The van der Waals surface area contributed by atoms with Crippen molar-refractivity contribution in [2.75, 3.05) is 32.7 Å². The number of carbonyl (C=O) groups excluding carboxylic acids is 1. The maximum Gasteiger partial charge on any atom is 0.317 e. The Labute approximate surface area is 148 Å². The van der Waals surface area contributed by atoms with Crippen molar-refractivity contribution in [2.45, 2.75) is 77.3 Å². The molecular formula is C19H38N4O. The number of urea groups is 1. The fourth-order valence-electron chi connectivity index (χ4n) is 4.36. The number of rotatable bonds is 7. The Morgan fingerprint density at radius 3 is 2.46 bits per heavy atom. The number of nitrogens with two attached hydrogens (primary N) is 1. The quantitative estimate of drug-likeness (QED) is 0.750. The van der Waals surface area contributed by atoms with Crippen molar-refractivity contribution in [3.63, 3.8) is 0 Å². The van der Waals surface area contributed by atoms with E-state index >= 15 is 0 Å². The molecule has 0 aromatic heterocycles. The van der Waals surface area contributed by atoms with Crippen molar-refractivity contribution >= 4 is 6.03 Å². The average Bonchev–Trinajstić information content (AvgIpc) is 2.61. The SMILES string of the molecule is CCNC(=O)N(CC1CCCCC1)C1CCN([C@H](C)CCN)CC1. The smallest absolute Gasteiger partial charge is 0.317 e. The normalized spacial score (nSPS) is 22.3. The molecule has 5 heteroatoms. The fraction of sp³-hybridized carbons (Fsp3) is 0.947. The zero-order valence-corrected chi connectivity index (χ0v) is 15.8. The average molecular weight is 339 g/mol. The van der Waals surface area contributed by atoms with E-state index in [1.54, 1.807) is 0 Å². The lowest BCUT2D eigenvalue weighted by Gasteiger charge is -2.42. The van der Waals surface area contributed by atoms with E-state index in [2.05, 4.69) is 22.0 Å². The minimum atomic E-state index is 0.150. The van der Waals surface area contributed by atoms with Gasteiger partial charge < -0.3 is 20.9 Å². The number of carbonyl (C=O) groups is 1. The molecule has 24 heavy (non-hydrogen) atoms. The molecule has 5 nitrogen and oxygen atoms in total. The molecule has 1 aliphatic carbocycles. The Balaban J connectivity index is 1.90. The van der Waals surface area contributed by atoms with Crippen LogP contribution >= 0.6 is 0 Å². The summed E-state index contributed by atoms with van der Waals surface area (Å²) >= 11 is 0. The Kier molecular flexibility index (Phi) is 8.33. The Bertz CT molecular complexity index is 362. The number of likely N-dealkylation sites (tertiary alicyclic amines) is 1. The summed E-state index contributed by atoms with van der Waals surface area (Å²) in [5, 5.41) is 3.04. The van der Waals surface area contributed by atoms with Gasteiger partial charge >= 0.3 is 6.03 Å². The molecule has 2 amide bonds. The van der Waals surface area contributed by atoms with Gasteiger partial charge in [0.05, 0.1) is 0 Å². The fourth-order valence-corrected chi connectivity index (χ4v) is 4.36. The van der Waals surface area contributed by atoms with Crippen LogP contribution in [0.4, 0.5) is 4.79 Å². The number of amides is 2. The van der Waals surface area contributed by atoms with Gasteiger partial charge in [0.15, 0.2) is 0 Å². The van der Waals surface area contributed by atoms with Crippen LogP contribution in [-0.2, 0) is 0 Å². The minimum Gasteiger partial charge on any atom is -0.338 e. The zero-order chi connectivity index (χ0) is 17.4. The molecule has 2 aliphatic rings. The third-order valence-electron chi connectivity index (χ3n) is 5.92. The van der Waals surface area contributed by atoms with Gasteiger partial charge in [-0.3, -0.25) is 0 Å². The first kappa shape index (κ1) is 19.5. The van der Waals surface area contributed by atoms with Crippen molar-refractivity contribution in [3.8, 4) is 0 Å². The second-order valence-corrected chi connectivity index (χ2v) is 7.69. The largest absolute Gasteiger partial charge is 0.338 e. The van der Waals surface area contributed by atoms with Gasteiger partial charge in [-0.15, -0.1) is 0 Å². The van der Waals surface area contributed by atoms with Gasteiger partial charge in [-0.25, -0.2) is 4.79 Å². The number of nitrogens with one attached hydrogen (secondary N) is 1. The summed E-state index contributed by atoms with van der Waals surface area (Å²) in [5.41, 5.74) is 5.70. The summed E-state index contributed by atoms with van der Waals surface area (Å²) in [6.45, 7) is 8.89. The third-order valence-corrected chi connectivity index (χ3v) is 5.92. The van der Waals surface area contributed by atoms with Crippen LogP contribution in [0.15, 0.2) is 0 Å². The van der Waals surface area contributed by atoms with Crippen LogP contribution in [0.25, 0.3) is 0 Å². The molecule has 1 saturated carbocycles.